The molecule has 1 aliphatic heterocycles. The quantitative estimate of drug-likeness (QED) is 0.718. The molecule has 0 spiro atoms. The van der Waals surface area contributed by atoms with Crippen molar-refractivity contribution in [2.24, 2.45) is 5.73 Å². The van der Waals surface area contributed by atoms with Crippen molar-refractivity contribution in [3.05, 3.63) is 23.8 Å². The summed E-state index contributed by atoms with van der Waals surface area (Å²) in [4.78, 5) is 10.5. The number of aliphatic carboxylic acids is 1. The molecule has 0 radical (unpaired) electrons. The second kappa shape index (κ2) is 4.77. The largest absolute Gasteiger partial charge is 0.482 e. The Labute approximate surface area is 99.6 Å². The lowest BCUT2D eigenvalue weighted by atomic mass is 9.63. The van der Waals surface area contributed by atoms with Gasteiger partial charge < -0.3 is 20.2 Å². The molecule has 0 bridgehead atoms. The highest BCUT2D eigenvalue weighted by Crippen LogP contribution is 2.27. The van der Waals surface area contributed by atoms with E-state index in [1.54, 1.807) is 6.07 Å². The molecule has 6 heteroatoms. The maximum absolute atomic E-state index is 10.5. The molecule has 1 aromatic carbocycles. The van der Waals surface area contributed by atoms with Gasteiger partial charge in [-0.1, -0.05) is 19.0 Å². The second-order valence-corrected chi connectivity index (χ2v) is 3.94. The van der Waals surface area contributed by atoms with E-state index in [1.807, 2.05) is 19.0 Å². The van der Waals surface area contributed by atoms with Gasteiger partial charge >= 0.3 is 12.9 Å². The zero-order chi connectivity index (χ0) is 12.4. The smallest absolute Gasteiger partial charge is 0.341 e. The van der Waals surface area contributed by atoms with Gasteiger partial charge in [-0.3, -0.25) is 0 Å². The van der Waals surface area contributed by atoms with Crippen molar-refractivity contribution in [2.75, 3.05) is 13.2 Å². The molecule has 90 valence electrons. The van der Waals surface area contributed by atoms with Crippen LogP contribution in [0, 0.1) is 0 Å². The molecule has 0 aliphatic carbocycles. The van der Waals surface area contributed by atoms with Crippen molar-refractivity contribution in [3.8, 4) is 5.75 Å². The van der Waals surface area contributed by atoms with Crippen LogP contribution >= 0.6 is 0 Å². The first kappa shape index (κ1) is 11.9. The lowest BCUT2D eigenvalue weighted by Gasteiger charge is -2.10. The molecule has 1 heterocycles. The third kappa shape index (κ3) is 2.27. The summed E-state index contributed by atoms with van der Waals surface area (Å²) in [5.74, 6) is -0.433. The molecule has 0 unspecified atom stereocenters. The van der Waals surface area contributed by atoms with Gasteiger partial charge in [0.1, 0.15) is 5.75 Å². The number of hydrogen-bond donors (Lipinski definition) is 2. The molecule has 17 heavy (non-hydrogen) atoms. The molecule has 1 aliphatic rings. The lowest BCUT2D eigenvalue weighted by Crippen LogP contribution is -2.27. The Morgan fingerprint density at radius 1 is 1.65 bits per heavy atom. The average molecular weight is 235 g/mol. The fraction of sp³-hybridized carbons (Fsp3) is 0.364. The van der Waals surface area contributed by atoms with Gasteiger partial charge in [0, 0.05) is 6.54 Å². The normalized spacial score (nSPS) is 18.0. The van der Waals surface area contributed by atoms with Crippen molar-refractivity contribution in [3.63, 3.8) is 0 Å². The molecule has 0 saturated carbocycles. The Morgan fingerprint density at radius 2 is 2.41 bits per heavy atom. The van der Waals surface area contributed by atoms with Crippen LogP contribution in [0.15, 0.2) is 18.2 Å². The van der Waals surface area contributed by atoms with Crippen LogP contribution in [-0.4, -0.2) is 31.1 Å². The Bertz CT molecular complexity index is 437. The molecule has 3 N–H and O–H groups in total. The first-order chi connectivity index (χ1) is 8.13. The van der Waals surface area contributed by atoms with E-state index >= 15 is 0 Å². The second-order valence-electron chi connectivity index (χ2n) is 3.94. The summed E-state index contributed by atoms with van der Waals surface area (Å²) < 4.78 is 10.9. The van der Waals surface area contributed by atoms with E-state index in [9.17, 15) is 4.79 Å². The highest BCUT2D eigenvalue weighted by molar-refractivity contribution is 6.68. The molecule has 0 amide bonds. The summed E-state index contributed by atoms with van der Waals surface area (Å²) in [6.45, 7) is 1.83. The van der Waals surface area contributed by atoms with Crippen LogP contribution in [-0.2, 0) is 9.45 Å². The van der Waals surface area contributed by atoms with Crippen LogP contribution < -0.4 is 15.9 Å². The SMILES string of the molecule is CB1O[C@@H](CN)c2cccc(OCC(=O)O)c21. The van der Waals surface area contributed by atoms with Gasteiger partial charge in [0.2, 0.25) is 0 Å². The Hall–Kier alpha value is -1.53. The van der Waals surface area contributed by atoms with Gasteiger partial charge in [0.25, 0.3) is 0 Å². The van der Waals surface area contributed by atoms with Crippen molar-refractivity contribution < 1.29 is 19.3 Å². The number of ether oxygens (including phenoxy) is 1. The first-order valence-electron chi connectivity index (χ1n) is 5.46. The Morgan fingerprint density at radius 3 is 3.06 bits per heavy atom. The van der Waals surface area contributed by atoms with Crippen LogP contribution in [0.25, 0.3) is 0 Å². The van der Waals surface area contributed by atoms with E-state index < -0.39 is 5.97 Å². The summed E-state index contributed by atoms with van der Waals surface area (Å²) >= 11 is 0. The Kier molecular flexibility index (Phi) is 3.35. The topological polar surface area (TPSA) is 81.8 Å². The first-order valence-corrected chi connectivity index (χ1v) is 5.46. The van der Waals surface area contributed by atoms with Crippen LogP contribution in [0.4, 0.5) is 0 Å². The molecule has 0 saturated heterocycles. The molecular formula is C11H14BNO4. The van der Waals surface area contributed by atoms with Gasteiger partial charge in [-0.2, -0.15) is 0 Å². The third-order valence-corrected chi connectivity index (χ3v) is 2.79. The van der Waals surface area contributed by atoms with E-state index in [0.29, 0.717) is 12.3 Å². The number of carbonyl (C=O) groups is 1. The molecular weight excluding hydrogens is 221 g/mol. The van der Waals surface area contributed by atoms with Crippen molar-refractivity contribution in [1.29, 1.82) is 0 Å². The number of benzene rings is 1. The van der Waals surface area contributed by atoms with E-state index in [1.165, 1.54) is 0 Å². The highest BCUT2D eigenvalue weighted by atomic mass is 16.5. The minimum atomic E-state index is -0.996. The predicted molar refractivity (Wildman–Crippen MR) is 63.7 cm³/mol. The number of carboxylic acid groups (broad SMARTS) is 1. The summed E-state index contributed by atoms with van der Waals surface area (Å²) in [5, 5.41) is 8.61. The minimum absolute atomic E-state index is 0.122. The zero-order valence-corrected chi connectivity index (χ0v) is 9.55. The third-order valence-electron chi connectivity index (χ3n) is 2.79. The molecule has 0 fully saturated rings. The monoisotopic (exact) mass is 235 g/mol. The van der Waals surface area contributed by atoms with Crippen molar-refractivity contribution in [1.82, 2.24) is 0 Å². The fourth-order valence-electron chi connectivity index (χ4n) is 2.11. The summed E-state index contributed by atoms with van der Waals surface area (Å²) in [6, 6.07) is 5.50. The highest BCUT2D eigenvalue weighted by Gasteiger charge is 2.33. The van der Waals surface area contributed by atoms with Gasteiger partial charge in [-0.15, -0.1) is 0 Å². The zero-order valence-electron chi connectivity index (χ0n) is 9.55. The standard InChI is InChI=1S/C11H14BNO4/c1-12-11-7(9(5-13)17-12)3-2-4-8(11)16-6-10(14)15/h2-4,9H,5-6,13H2,1H3,(H,14,15)/t9-/m0/s1. The maximum Gasteiger partial charge on any atom is 0.341 e. The van der Waals surface area contributed by atoms with Crippen LogP contribution in [0.5, 0.6) is 5.75 Å². The van der Waals surface area contributed by atoms with Crippen LogP contribution in [0.3, 0.4) is 0 Å². The maximum atomic E-state index is 10.5. The number of carboxylic acids is 1. The van der Waals surface area contributed by atoms with Crippen molar-refractivity contribution >= 4 is 18.3 Å². The van der Waals surface area contributed by atoms with Gasteiger partial charge in [0.05, 0.1) is 6.10 Å². The summed E-state index contributed by atoms with van der Waals surface area (Å²) in [7, 11) is 0. The van der Waals surface area contributed by atoms with E-state index in [4.69, 9.17) is 20.2 Å². The van der Waals surface area contributed by atoms with Crippen molar-refractivity contribution in [2.45, 2.75) is 12.9 Å². The minimum Gasteiger partial charge on any atom is -0.482 e. The summed E-state index contributed by atoms with van der Waals surface area (Å²) in [5.41, 5.74) is 7.52. The van der Waals surface area contributed by atoms with Gasteiger partial charge in [0.15, 0.2) is 6.61 Å². The van der Waals surface area contributed by atoms with Gasteiger partial charge in [-0.05, 0) is 17.1 Å². The molecule has 2 rings (SSSR count). The number of nitrogens with two attached hydrogens (primary N) is 1. The van der Waals surface area contributed by atoms with Crippen LogP contribution in [0.2, 0.25) is 6.82 Å². The number of fused-ring (bicyclic) bond motifs is 1. The molecule has 1 aromatic rings. The van der Waals surface area contributed by atoms with E-state index in [2.05, 4.69) is 0 Å². The van der Waals surface area contributed by atoms with E-state index in [-0.39, 0.29) is 19.6 Å². The predicted octanol–water partition coefficient (Wildman–Crippen LogP) is 0.00830. The fourth-order valence-corrected chi connectivity index (χ4v) is 2.11. The number of hydrogen-bond acceptors (Lipinski definition) is 4. The summed E-state index contributed by atoms with van der Waals surface area (Å²) in [6.07, 6.45) is -0.131. The molecule has 5 nitrogen and oxygen atoms in total. The molecule has 0 aromatic heterocycles. The van der Waals surface area contributed by atoms with Crippen LogP contribution in [0.1, 0.15) is 11.7 Å². The van der Waals surface area contributed by atoms with E-state index in [0.717, 1.165) is 11.0 Å². The average Bonchev–Trinajstić information content (AvgIpc) is 2.64. The Balaban J connectivity index is 2.30. The van der Waals surface area contributed by atoms with Gasteiger partial charge in [-0.25, -0.2) is 4.79 Å². The lowest BCUT2D eigenvalue weighted by molar-refractivity contribution is -0.139. The molecule has 1 atom stereocenters. The number of rotatable bonds is 4.